The second-order valence-electron chi connectivity index (χ2n) is 5.93. The monoisotopic (exact) mass is 340 g/mol. The van der Waals surface area contributed by atoms with Crippen LogP contribution >= 0.6 is 0 Å². The molecule has 0 N–H and O–H groups in total. The van der Waals surface area contributed by atoms with Gasteiger partial charge in [0.15, 0.2) is 11.6 Å². The Morgan fingerprint density at radius 3 is 2.25 bits per heavy atom. The summed E-state index contributed by atoms with van der Waals surface area (Å²) in [6.45, 7) is 11.2. The molecule has 1 atom stereocenters. The van der Waals surface area contributed by atoms with Crippen molar-refractivity contribution in [1.82, 2.24) is 9.80 Å². The van der Waals surface area contributed by atoms with E-state index in [4.69, 9.17) is 0 Å². The largest absolute Gasteiger partial charge is 0.327 e. The Balaban J connectivity index is 0.00000139. The quantitative estimate of drug-likeness (QED) is 0.771. The number of nitrogens with zero attached hydrogens (tertiary/aromatic N) is 2. The minimum Gasteiger partial charge on any atom is -0.305 e. The zero-order chi connectivity index (χ0) is 18.7. The van der Waals surface area contributed by atoms with Crippen LogP contribution in [0.25, 0.3) is 0 Å². The number of halogens is 2. The Bertz CT molecular complexity index is 619. The molecule has 3 amide bonds. The molecule has 1 unspecified atom stereocenters. The van der Waals surface area contributed by atoms with E-state index >= 15 is 0 Å². The summed E-state index contributed by atoms with van der Waals surface area (Å²) in [6.07, 6.45) is 0. The summed E-state index contributed by atoms with van der Waals surface area (Å²) in [4.78, 5) is 27.5. The van der Waals surface area contributed by atoms with Gasteiger partial charge < -0.3 is 4.90 Å². The molecule has 0 bridgehead atoms. The first-order chi connectivity index (χ1) is 11.2. The van der Waals surface area contributed by atoms with E-state index in [1.165, 1.54) is 17.0 Å². The lowest BCUT2D eigenvalue weighted by Crippen LogP contribution is -2.50. The molecule has 2 rings (SSSR count). The SMILES string of the molecule is CC.CCN1C(=O)N(Cc2cccc(F)c2F)C(C)(C(C)C)C1=O. The van der Waals surface area contributed by atoms with E-state index in [0.29, 0.717) is 0 Å². The van der Waals surface area contributed by atoms with Crippen molar-refractivity contribution in [3.05, 3.63) is 35.4 Å². The molecule has 6 heteroatoms. The van der Waals surface area contributed by atoms with Crippen LogP contribution in [0.3, 0.4) is 0 Å². The van der Waals surface area contributed by atoms with Crippen LogP contribution < -0.4 is 0 Å². The maximum atomic E-state index is 13.9. The van der Waals surface area contributed by atoms with Gasteiger partial charge in [0.05, 0.1) is 6.54 Å². The molecule has 1 aromatic carbocycles. The lowest BCUT2D eigenvalue weighted by atomic mass is 9.86. The summed E-state index contributed by atoms with van der Waals surface area (Å²) in [5.41, 5.74) is -1.00. The molecular weight excluding hydrogens is 314 g/mol. The molecule has 4 nitrogen and oxygen atoms in total. The minimum atomic E-state index is -1.06. The Morgan fingerprint density at radius 1 is 1.17 bits per heavy atom. The molecule has 1 aliphatic rings. The summed E-state index contributed by atoms with van der Waals surface area (Å²) in [7, 11) is 0. The number of amides is 3. The van der Waals surface area contributed by atoms with Gasteiger partial charge in [0.2, 0.25) is 0 Å². The number of hydrogen-bond donors (Lipinski definition) is 0. The van der Waals surface area contributed by atoms with Crippen LogP contribution in [0.1, 0.15) is 47.1 Å². The van der Waals surface area contributed by atoms with Crippen LogP contribution in [-0.4, -0.2) is 33.8 Å². The summed E-state index contributed by atoms with van der Waals surface area (Å²) in [5.74, 6) is -2.40. The van der Waals surface area contributed by atoms with Crippen molar-refractivity contribution in [3.8, 4) is 0 Å². The van der Waals surface area contributed by atoms with Gasteiger partial charge in [-0.3, -0.25) is 9.69 Å². The first kappa shape index (κ1) is 20.1. The van der Waals surface area contributed by atoms with Gasteiger partial charge in [-0.05, 0) is 25.8 Å². The molecule has 24 heavy (non-hydrogen) atoms. The van der Waals surface area contributed by atoms with Gasteiger partial charge in [-0.15, -0.1) is 0 Å². The molecule has 0 aliphatic carbocycles. The number of urea groups is 1. The van der Waals surface area contributed by atoms with Gasteiger partial charge in [-0.1, -0.05) is 39.8 Å². The van der Waals surface area contributed by atoms with Gasteiger partial charge in [0.1, 0.15) is 5.54 Å². The van der Waals surface area contributed by atoms with Gasteiger partial charge in [-0.25, -0.2) is 13.6 Å². The van der Waals surface area contributed by atoms with Crippen molar-refractivity contribution >= 4 is 11.9 Å². The highest BCUT2D eigenvalue weighted by Crippen LogP contribution is 2.35. The van der Waals surface area contributed by atoms with Crippen molar-refractivity contribution in [3.63, 3.8) is 0 Å². The first-order valence-electron chi connectivity index (χ1n) is 8.31. The van der Waals surface area contributed by atoms with Crippen molar-refractivity contribution in [2.75, 3.05) is 6.54 Å². The lowest BCUT2D eigenvalue weighted by molar-refractivity contribution is -0.134. The standard InChI is InChI=1S/C16H20F2N2O2.C2H6/c1-5-19-14(21)16(4,10(2)3)20(15(19)22)9-11-7-6-8-12(17)13(11)18;1-2/h6-8,10H,5,9H2,1-4H3;1-2H3. The fraction of sp³-hybridized carbons (Fsp3) is 0.556. The molecule has 134 valence electrons. The number of likely N-dealkylation sites (N-methyl/N-ethyl adjacent to an activating group) is 1. The number of benzene rings is 1. The van der Waals surface area contributed by atoms with Crippen molar-refractivity contribution < 1.29 is 18.4 Å². The van der Waals surface area contributed by atoms with Crippen molar-refractivity contribution in [2.45, 2.75) is 53.6 Å². The summed E-state index contributed by atoms with van der Waals surface area (Å²) >= 11 is 0. The van der Waals surface area contributed by atoms with Crippen LogP contribution in [0.2, 0.25) is 0 Å². The average molecular weight is 340 g/mol. The molecule has 0 radical (unpaired) electrons. The average Bonchev–Trinajstić information content (AvgIpc) is 2.75. The third-order valence-corrected chi connectivity index (χ3v) is 4.50. The van der Waals surface area contributed by atoms with E-state index in [1.54, 1.807) is 13.8 Å². The third kappa shape index (κ3) is 3.14. The minimum absolute atomic E-state index is 0.0611. The van der Waals surface area contributed by atoms with Gasteiger partial charge in [0, 0.05) is 12.1 Å². The fourth-order valence-corrected chi connectivity index (χ4v) is 2.73. The summed E-state index contributed by atoms with van der Waals surface area (Å²) < 4.78 is 27.3. The first-order valence-corrected chi connectivity index (χ1v) is 8.31. The molecule has 1 aromatic rings. The Morgan fingerprint density at radius 2 is 1.75 bits per heavy atom. The molecule has 1 aliphatic heterocycles. The number of hydrogen-bond acceptors (Lipinski definition) is 2. The summed E-state index contributed by atoms with van der Waals surface area (Å²) in [5, 5.41) is 0. The van der Waals surface area contributed by atoms with Crippen LogP contribution in [0.5, 0.6) is 0 Å². The van der Waals surface area contributed by atoms with Crippen LogP contribution in [-0.2, 0) is 11.3 Å². The van der Waals surface area contributed by atoms with E-state index in [-0.39, 0.29) is 30.5 Å². The molecule has 0 spiro atoms. The van der Waals surface area contributed by atoms with E-state index < -0.39 is 23.2 Å². The highest BCUT2D eigenvalue weighted by Gasteiger charge is 2.55. The van der Waals surface area contributed by atoms with Crippen LogP contribution in [0, 0.1) is 17.6 Å². The Kier molecular flexibility index (Phi) is 6.46. The normalized spacial score (nSPS) is 20.5. The zero-order valence-electron chi connectivity index (χ0n) is 15.2. The topological polar surface area (TPSA) is 40.6 Å². The fourth-order valence-electron chi connectivity index (χ4n) is 2.73. The highest BCUT2D eigenvalue weighted by atomic mass is 19.2. The number of imide groups is 1. The van der Waals surface area contributed by atoms with Crippen LogP contribution in [0.15, 0.2) is 18.2 Å². The molecular formula is C18H26F2N2O2. The molecule has 1 heterocycles. The predicted octanol–water partition coefficient (Wildman–Crippen LogP) is 4.19. The molecule has 0 aromatic heterocycles. The van der Waals surface area contributed by atoms with Crippen molar-refractivity contribution in [1.29, 1.82) is 0 Å². The number of carbonyl (C=O) groups excluding carboxylic acids is 2. The van der Waals surface area contributed by atoms with E-state index in [1.807, 2.05) is 27.7 Å². The number of carbonyl (C=O) groups is 2. The van der Waals surface area contributed by atoms with E-state index in [0.717, 1.165) is 11.0 Å². The maximum Gasteiger partial charge on any atom is 0.327 e. The van der Waals surface area contributed by atoms with Crippen LogP contribution in [0.4, 0.5) is 13.6 Å². The smallest absolute Gasteiger partial charge is 0.305 e. The molecule has 1 fully saturated rings. The van der Waals surface area contributed by atoms with Gasteiger partial charge in [-0.2, -0.15) is 0 Å². The second kappa shape index (κ2) is 7.73. The molecule has 1 saturated heterocycles. The van der Waals surface area contributed by atoms with E-state index in [9.17, 15) is 18.4 Å². The van der Waals surface area contributed by atoms with E-state index in [2.05, 4.69) is 0 Å². The Labute approximate surface area is 142 Å². The van der Waals surface area contributed by atoms with Gasteiger partial charge >= 0.3 is 6.03 Å². The Hall–Kier alpha value is -1.98. The lowest BCUT2D eigenvalue weighted by Gasteiger charge is -2.35. The number of rotatable bonds is 4. The maximum absolute atomic E-state index is 13.9. The van der Waals surface area contributed by atoms with Gasteiger partial charge in [0.25, 0.3) is 5.91 Å². The predicted molar refractivity (Wildman–Crippen MR) is 89.3 cm³/mol. The molecule has 0 saturated carbocycles. The second-order valence-corrected chi connectivity index (χ2v) is 5.93. The zero-order valence-corrected chi connectivity index (χ0v) is 15.2. The highest BCUT2D eigenvalue weighted by molar-refractivity contribution is 6.06. The van der Waals surface area contributed by atoms with Crippen molar-refractivity contribution in [2.24, 2.45) is 5.92 Å². The summed E-state index contributed by atoms with van der Waals surface area (Å²) in [6, 6.07) is 3.37. The third-order valence-electron chi connectivity index (χ3n) is 4.50.